The lowest BCUT2D eigenvalue weighted by Gasteiger charge is -2.28. The van der Waals surface area contributed by atoms with Crippen LogP contribution in [0.15, 0.2) is 73.4 Å². The number of urea groups is 1. The first-order valence-corrected chi connectivity index (χ1v) is 13.8. The molecule has 0 atom stereocenters. The maximum atomic E-state index is 14.4. The Morgan fingerprint density at radius 1 is 0.864 bits per heavy atom. The quantitative estimate of drug-likeness (QED) is 0.292. The fourth-order valence-corrected chi connectivity index (χ4v) is 4.74. The highest BCUT2D eigenvalue weighted by Gasteiger charge is 2.20. The maximum absolute atomic E-state index is 14.4. The minimum atomic E-state index is -0.725. The Morgan fingerprint density at radius 3 is 2.27 bits per heavy atom. The van der Waals surface area contributed by atoms with Crippen molar-refractivity contribution in [1.82, 2.24) is 29.8 Å². The lowest BCUT2D eigenvalue weighted by atomic mass is 10.1. The highest BCUT2D eigenvalue weighted by atomic mass is 19.1. The van der Waals surface area contributed by atoms with Crippen molar-refractivity contribution in [3.63, 3.8) is 0 Å². The van der Waals surface area contributed by atoms with Crippen LogP contribution in [0.1, 0.15) is 10.4 Å². The van der Waals surface area contributed by atoms with Gasteiger partial charge in [0, 0.05) is 73.8 Å². The lowest BCUT2D eigenvalue weighted by Crippen LogP contribution is -2.37. The topological polar surface area (TPSA) is 138 Å². The molecule has 0 aliphatic carbocycles. The summed E-state index contributed by atoms with van der Waals surface area (Å²) in [5.41, 5.74) is 4.39. The van der Waals surface area contributed by atoms with Crippen LogP contribution in [-0.4, -0.2) is 82.2 Å². The molecule has 44 heavy (non-hydrogen) atoms. The Hall–Kier alpha value is -5.56. The van der Waals surface area contributed by atoms with Crippen molar-refractivity contribution < 1.29 is 18.7 Å². The van der Waals surface area contributed by atoms with Crippen LogP contribution in [0, 0.1) is 5.82 Å². The van der Waals surface area contributed by atoms with Gasteiger partial charge in [-0.15, -0.1) is 0 Å². The third-order valence-corrected chi connectivity index (χ3v) is 6.99. The molecule has 0 unspecified atom stereocenters. The van der Waals surface area contributed by atoms with Gasteiger partial charge in [0.15, 0.2) is 11.6 Å². The van der Waals surface area contributed by atoms with E-state index < -0.39 is 17.8 Å². The van der Waals surface area contributed by atoms with Crippen LogP contribution in [0.4, 0.5) is 26.4 Å². The Morgan fingerprint density at radius 2 is 1.57 bits per heavy atom. The largest absolute Gasteiger partial charge is 0.378 e. The molecule has 3 aromatic heterocycles. The van der Waals surface area contributed by atoms with Gasteiger partial charge in [-0.3, -0.25) is 9.78 Å². The SMILES string of the molecule is CN(C)C(=O)c1ccc(NC(=O)Nc2ccc(-c3nc(N4CCOCC4)c4ncc(-c5cncnc5)cc4n3)cc2)cc1F. The number of carbonyl (C=O) groups is 2. The number of anilines is 3. The second kappa shape index (κ2) is 12.4. The van der Waals surface area contributed by atoms with Gasteiger partial charge in [0.2, 0.25) is 0 Å². The molecule has 1 saturated heterocycles. The van der Waals surface area contributed by atoms with Gasteiger partial charge in [0.1, 0.15) is 17.7 Å². The predicted molar refractivity (Wildman–Crippen MR) is 164 cm³/mol. The molecule has 12 nitrogen and oxygen atoms in total. The number of amides is 3. The summed E-state index contributed by atoms with van der Waals surface area (Å²) in [5, 5.41) is 5.31. The maximum Gasteiger partial charge on any atom is 0.323 e. The summed E-state index contributed by atoms with van der Waals surface area (Å²) in [6.07, 6.45) is 6.69. The van der Waals surface area contributed by atoms with Crippen molar-refractivity contribution in [3.05, 3.63) is 84.8 Å². The van der Waals surface area contributed by atoms with E-state index in [4.69, 9.17) is 19.7 Å². The first-order valence-electron chi connectivity index (χ1n) is 13.8. The summed E-state index contributed by atoms with van der Waals surface area (Å²) in [4.78, 5) is 50.8. The van der Waals surface area contributed by atoms with Gasteiger partial charge >= 0.3 is 6.03 Å². The molecule has 4 heterocycles. The number of benzene rings is 2. The Bertz CT molecular complexity index is 1830. The van der Waals surface area contributed by atoms with Crippen molar-refractivity contribution in [3.8, 4) is 22.5 Å². The van der Waals surface area contributed by atoms with Gasteiger partial charge in [0.05, 0.1) is 24.3 Å². The van der Waals surface area contributed by atoms with Crippen molar-refractivity contribution >= 4 is 40.2 Å². The normalized spacial score (nSPS) is 13.0. The molecular formula is C31H28FN9O3. The van der Waals surface area contributed by atoms with Crippen molar-refractivity contribution in [2.24, 2.45) is 0 Å². The standard InChI is InChI=1S/C31H28FN9O3/c1-40(2)30(42)24-8-7-23(14-25(24)32)37-31(43)36-22-5-3-19(4-6-22)28-38-26-13-20(21-15-33-18-34-16-21)17-35-27(26)29(39-28)41-9-11-44-12-10-41/h3-8,13-18H,9-12H2,1-2H3,(H2,36,37,43). The number of fused-ring (bicyclic) bond motifs is 1. The number of pyridine rings is 1. The predicted octanol–water partition coefficient (Wildman–Crippen LogP) is 4.47. The zero-order valence-electron chi connectivity index (χ0n) is 24.0. The van der Waals surface area contributed by atoms with Crippen LogP contribution >= 0.6 is 0 Å². The number of hydrogen-bond donors (Lipinski definition) is 2. The van der Waals surface area contributed by atoms with Crippen molar-refractivity contribution in [2.45, 2.75) is 0 Å². The minimum absolute atomic E-state index is 0.0784. The van der Waals surface area contributed by atoms with Crippen molar-refractivity contribution in [1.29, 1.82) is 0 Å². The summed E-state index contributed by atoms with van der Waals surface area (Å²) < 4.78 is 20.0. The Balaban J connectivity index is 1.24. The molecular weight excluding hydrogens is 565 g/mol. The zero-order chi connectivity index (χ0) is 30.6. The second-order valence-electron chi connectivity index (χ2n) is 10.2. The number of morpholine rings is 1. The number of rotatable bonds is 6. The number of halogens is 1. The number of nitrogens with one attached hydrogen (secondary N) is 2. The van der Waals surface area contributed by atoms with Crippen LogP contribution in [0.25, 0.3) is 33.5 Å². The molecule has 1 fully saturated rings. The number of hydrogen-bond acceptors (Lipinski definition) is 9. The molecule has 1 aliphatic heterocycles. The molecule has 2 N–H and O–H groups in total. The molecule has 5 aromatic rings. The van der Waals surface area contributed by atoms with Gasteiger partial charge in [-0.05, 0) is 48.5 Å². The highest BCUT2D eigenvalue weighted by molar-refractivity contribution is 6.00. The third kappa shape index (κ3) is 6.13. The van der Waals surface area contributed by atoms with E-state index in [1.54, 1.807) is 30.7 Å². The molecule has 0 saturated carbocycles. The van der Waals surface area contributed by atoms with Gasteiger partial charge in [-0.25, -0.2) is 29.1 Å². The van der Waals surface area contributed by atoms with Gasteiger partial charge < -0.3 is 25.2 Å². The molecule has 3 amide bonds. The van der Waals surface area contributed by atoms with Gasteiger partial charge in [-0.1, -0.05) is 0 Å². The van der Waals surface area contributed by atoms with E-state index in [0.717, 1.165) is 28.6 Å². The minimum Gasteiger partial charge on any atom is -0.378 e. The second-order valence-corrected chi connectivity index (χ2v) is 10.2. The smallest absolute Gasteiger partial charge is 0.323 e. The number of aromatic nitrogens is 5. The summed E-state index contributed by atoms with van der Waals surface area (Å²) in [6.45, 7) is 2.54. The summed E-state index contributed by atoms with van der Waals surface area (Å²) in [7, 11) is 3.08. The average molecular weight is 594 g/mol. The molecule has 0 spiro atoms. The fourth-order valence-electron chi connectivity index (χ4n) is 4.74. The molecule has 1 aliphatic rings. The molecule has 222 valence electrons. The van der Waals surface area contributed by atoms with Crippen LogP contribution in [0.5, 0.6) is 0 Å². The van der Waals surface area contributed by atoms with E-state index in [1.165, 1.54) is 37.5 Å². The monoisotopic (exact) mass is 593 g/mol. The first kappa shape index (κ1) is 28.6. The van der Waals surface area contributed by atoms with Crippen molar-refractivity contribution in [2.75, 3.05) is 55.9 Å². The fraction of sp³-hybridized carbons (Fsp3) is 0.194. The Kier molecular flexibility index (Phi) is 8.02. The van der Waals surface area contributed by atoms with E-state index in [9.17, 15) is 14.0 Å². The van der Waals surface area contributed by atoms with E-state index >= 15 is 0 Å². The Labute approximate surface area is 252 Å². The van der Waals surface area contributed by atoms with E-state index in [-0.39, 0.29) is 11.3 Å². The van der Waals surface area contributed by atoms with E-state index in [2.05, 4.69) is 25.5 Å². The highest BCUT2D eigenvalue weighted by Crippen LogP contribution is 2.30. The molecule has 2 aromatic carbocycles. The molecule has 0 radical (unpaired) electrons. The summed E-state index contributed by atoms with van der Waals surface area (Å²) in [5.74, 6) is 0.0306. The molecule has 6 rings (SSSR count). The van der Waals surface area contributed by atoms with E-state index in [0.29, 0.717) is 48.8 Å². The molecule has 0 bridgehead atoms. The van der Waals surface area contributed by atoms with E-state index in [1.807, 2.05) is 18.2 Å². The van der Waals surface area contributed by atoms with Crippen LogP contribution in [-0.2, 0) is 4.74 Å². The summed E-state index contributed by atoms with van der Waals surface area (Å²) in [6, 6.07) is 12.4. The van der Waals surface area contributed by atoms with Crippen LogP contribution < -0.4 is 15.5 Å². The average Bonchev–Trinajstić information content (AvgIpc) is 3.05. The van der Waals surface area contributed by atoms with Crippen LogP contribution in [0.2, 0.25) is 0 Å². The van der Waals surface area contributed by atoms with Gasteiger partial charge in [0.25, 0.3) is 5.91 Å². The lowest BCUT2D eigenvalue weighted by molar-refractivity contribution is 0.0823. The number of nitrogens with zero attached hydrogens (tertiary/aromatic N) is 7. The van der Waals surface area contributed by atoms with Gasteiger partial charge in [-0.2, -0.15) is 0 Å². The first-order chi connectivity index (χ1) is 21.4. The molecule has 13 heteroatoms. The number of carbonyl (C=O) groups excluding carboxylic acids is 2. The number of ether oxygens (including phenoxy) is 1. The van der Waals surface area contributed by atoms with Crippen LogP contribution in [0.3, 0.4) is 0 Å². The summed E-state index contributed by atoms with van der Waals surface area (Å²) >= 11 is 0. The third-order valence-electron chi connectivity index (χ3n) is 6.99. The zero-order valence-corrected chi connectivity index (χ0v) is 24.0.